The first-order valence-electron chi connectivity index (χ1n) is 9.84. The molecular weight excluding hydrogens is 476 g/mol. The van der Waals surface area contributed by atoms with Gasteiger partial charge in [0.25, 0.3) is 15.8 Å². The van der Waals surface area contributed by atoms with Crippen LogP contribution in [0, 0.1) is 10.1 Å². The molecule has 0 amide bonds. The van der Waals surface area contributed by atoms with Gasteiger partial charge in [-0.2, -0.15) is 18.6 Å². The van der Waals surface area contributed by atoms with E-state index in [0.717, 1.165) is 6.07 Å². The first-order valence-corrected chi connectivity index (χ1v) is 11.3. The normalized spacial score (nSPS) is 12.0. The maximum Gasteiger partial charge on any atom is 0.296 e. The molecule has 4 aromatic rings. The van der Waals surface area contributed by atoms with Gasteiger partial charge in [0.1, 0.15) is 16.3 Å². The van der Waals surface area contributed by atoms with E-state index < -0.39 is 31.4 Å². The molecule has 0 atom stereocenters. The van der Waals surface area contributed by atoms with Crippen LogP contribution in [0.25, 0.3) is 10.8 Å². The Bertz CT molecular complexity index is 1600. The molecule has 0 aliphatic rings. The maximum absolute atomic E-state index is 12.0. The van der Waals surface area contributed by atoms with Gasteiger partial charge in [0.05, 0.1) is 27.4 Å². The molecule has 4 aromatic carbocycles. The van der Waals surface area contributed by atoms with Crippen molar-refractivity contribution in [1.29, 1.82) is 0 Å². The third-order valence-electron chi connectivity index (χ3n) is 4.87. The summed E-state index contributed by atoms with van der Waals surface area (Å²) in [6.45, 7) is 0. The standard InChI is InChI=1S/C22H16N6O6S/c23-20-17(26-24-15-7-9-16(10-8-15)28(30)31)11-6-13-12-18(35(32,33)34)21(22(29)19(13)20)27-25-14-4-2-1-3-5-14/h1-12,29H,23H2,(H,32,33,34). The number of hydrogen-bond acceptors (Lipinski definition) is 10. The van der Waals surface area contributed by atoms with Gasteiger partial charge in [-0.3, -0.25) is 14.7 Å². The zero-order valence-electron chi connectivity index (χ0n) is 17.7. The van der Waals surface area contributed by atoms with Crippen molar-refractivity contribution in [2.24, 2.45) is 20.5 Å². The Balaban J connectivity index is 1.82. The quantitative estimate of drug-likeness (QED) is 0.0948. The predicted molar refractivity (Wildman–Crippen MR) is 128 cm³/mol. The number of anilines is 1. The van der Waals surface area contributed by atoms with Crippen LogP contribution in [0.1, 0.15) is 0 Å². The van der Waals surface area contributed by atoms with Crippen LogP contribution in [0.4, 0.5) is 34.1 Å². The molecule has 0 aliphatic heterocycles. The molecule has 0 saturated heterocycles. The molecular formula is C22H16N6O6S. The van der Waals surface area contributed by atoms with E-state index in [1.807, 2.05) is 0 Å². The summed E-state index contributed by atoms with van der Waals surface area (Å²) < 4.78 is 33.6. The highest BCUT2D eigenvalue weighted by atomic mass is 32.2. The predicted octanol–water partition coefficient (Wildman–Crippen LogP) is 6.11. The van der Waals surface area contributed by atoms with Crippen molar-refractivity contribution in [1.82, 2.24) is 0 Å². The lowest BCUT2D eigenvalue weighted by Crippen LogP contribution is -2.00. The number of azo groups is 2. The number of benzene rings is 4. The van der Waals surface area contributed by atoms with E-state index in [1.165, 1.54) is 36.4 Å². The number of nitro benzene ring substituents is 1. The van der Waals surface area contributed by atoms with Crippen molar-refractivity contribution >= 4 is 55.0 Å². The number of non-ortho nitro benzene ring substituents is 1. The minimum absolute atomic E-state index is 0.0274. The first kappa shape index (κ1) is 23.4. The van der Waals surface area contributed by atoms with Gasteiger partial charge in [0, 0.05) is 12.1 Å². The summed E-state index contributed by atoms with van der Waals surface area (Å²) in [7, 11) is -4.78. The fourth-order valence-corrected chi connectivity index (χ4v) is 3.85. The number of aromatic hydroxyl groups is 1. The van der Waals surface area contributed by atoms with E-state index in [0.29, 0.717) is 11.4 Å². The van der Waals surface area contributed by atoms with Crippen molar-refractivity contribution in [3.8, 4) is 5.75 Å². The van der Waals surface area contributed by atoms with Crippen LogP contribution in [-0.2, 0) is 10.1 Å². The Labute approximate surface area is 198 Å². The fraction of sp³-hybridized carbons (Fsp3) is 0. The van der Waals surface area contributed by atoms with Gasteiger partial charge in [-0.1, -0.05) is 24.3 Å². The van der Waals surface area contributed by atoms with Crippen molar-refractivity contribution < 1.29 is 23.0 Å². The monoisotopic (exact) mass is 492 g/mol. The highest BCUT2D eigenvalue weighted by Gasteiger charge is 2.24. The molecule has 0 saturated carbocycles. The molecule has 12 nitrogen and oxygen atoms in total. The number of phenolic OH excluding ortho intramolecular Hbond substituents is 1. The average molecular weight is 492 g/mol. The van der Waals surface area contributed by atoms with Crippen molar-refractivity contribution in [2.75, 3.05) is 5.73 Å². The Morgan fingerprint density at radius 3 is 2.11 bits per heavy atom. The first-order chi connectivity index (χ1) is 16.6. The summed E-state index contributed by atoms with van der Waals surface area (Å²) in [4.78, 5) is 9.58. The van der Waals surface area contributed by atoms with Gasteiger partial charge in [-0.05, 0) is 41.8 Å². The van der Waals surface area contributed by atoms with Crippen LogP contribution in [0.15, 0.2) is 98.1 Å². The molecule has 0 aliphatic carbocycles. The van der Waals surface area contributed by atoms with E-state index in [2.05, 4.69) is 20.5 Å². The number of nitrogens with two attached hydrogens (primary N) is 1. The summed E-state index contributed by atoms with van der Waals surface area (Å²) in [6.07, 6.45) is 0. The third-order valence-corrected chi connectivity index (χ3v) is 5.74. The fourth-order valence-electron chi connectivity index (χ4n) is 3.19. The number of rotatable bonds is 6. The van der Waals surface area contributed by atoms with E-state index in [1.54, 1.807) is 30.3 Å². The van der Waals surface area contributed by atoms with Crippen LogP contribution < -0.4 is 5.73 Å². The molecule has 0 fully saturated rings. The molecule has 0 radical (unpaired) electrons. The maximum atomic E-state index is 12.0. The molecule has 35 heavy (non-hydrogen) atoms. The second-order valence-electron chi connectivity index (χ2n) is 7.15. The minimum Gasteiger partial charge on any atom is -0.505 e. The van der Waals surface area contributed by atoms with E-state index in [-0.39, 0.29) is 27.8 Å². The number of nitrogen functional groups attached to an aromatic ring is 1. The molecule has 0 unspecified atom stereocenters. The smallest absolute Gasteiger partial charge is 0.296 e. The summed E-state index contributed by atoms with van der Waals surface area (Å²) in [6, 6.07) is 17.7. The average Bonchev–Trinajstić information content (AvgIpc) is 2.83. The number of nitro groups is 1. The summed E-state index contributed by atoms with van der Waals surface area (Å²) in [5.74, 6) is -0.625. The molecule has 4 rings (SSSR count). The van der Waals surface area contributed by atoms with Crippen LogP contribution in [0.3, 0.4) is 0 Å². The molecule has 0 aromatic heterocycles. The number of phenols is 1. The van der Waals surface area contributed by atoms with Crippen LogP contribution in [-0.4, -0.2) is 23.0 Å². The van der Waals surface area contributed by atoms with E-state index in [9.17, 15) is 28.2 Å². The van der Waals surface area contributed by atoms with E-state index >= 15 is 0 Å². The number of fused-ring (bicyclic) bond motifs is 1. The topological polar surface area (TPSA) is 193 Å². The zero-order chi connectivity index (χ0) is 25.2. The Morgan fingerprint density at radius 2 is 1.49 bits per heavy atom. The van der Waals surface area contributed by atoms with Crippen LogP contribution >= 0.6 is 0 Å². The molecule has 0 bridgehead atoms. The summed E-state index contributed by atoms with van der Waals surface area (Å²) in [5.41, 5.74) is 6.39. The summed E-state index contributed by atoms with van der Waals surface area (Å²) in [5, 5.41) is 37.7. The third kappa shape index (κ3) is 4.95. The Kier molecular flexibility index (Phi) is 6.18. The number of hydrogen-bond donors (Lipinski definition) is 3. The van der Waals surface area contributed by atoms with Gasteiger partial charge in [-0.25, -0.2) is 0 Å². The van der Waals surface area contributed by atoms with Gasteiger partial charge in [-0.15, -0.1) is 10.2 Å². The van der Waals surface area contributed by atoms with Gasteiger partial charge in [0.15, 0.2) is 5.75 Å². The van der Waals surface area contributed by atoms with Gasteiger partial charge < -0.3 is 10.8 Å². The molecule has 4 N–H and O–H groups in total. The second kappa shape index (κ2) is 9.24. The summed E-state index contributed by atoms with van der Waals surface area (Å²) >= 11 is 0. The zero-order valence-corrected chi connectivity index (χ0v) is 18.5. The lowest BCUT2D eigenvalue weighted by atomic mass is 10.1. The highest BCUT2D eigenvalue weighted by molar-refractivity contribution is 7.86. The van der Waals surface area contributed by atoms with Crippen molar-refractivity contribution in [3.63, 3.8) is 0 Å². The SMILES string of the molecule is Nc1c(N=Nc2ccc([N+](=O)[O-])cc2)ccc2cc(S(=O)(=O)O)c(N=Nc3ccccc3)c(O)c12. The minimum atomic E-state index is -4.78. The molecule has 176 valence electrons. The van der Waals surface area contributed by atoms with Crippen molar-refractivity contribution in [3.05, 3.63) is 82.9 Å². The van der Waals surface area contributed by atoms with Gasteiger partial charge in [0.2, 0.25) is 0 Å². The molecule has 0 spiro atoms. The highest BCUT2D eigenvalue weighted by Crippen LogP contribution is 2.46. The lowest BCUT2D eigenvalue weighted by Gasteiger charge is -2.11. The van der Waals surface area contributed by atoms with E-state index in [4.69, 9.17) is 5.73 Å². The second-order valence-corrected chi connectivity index (χ2v) is 8.54. The largest absolute Gasteiger partial charge is 0.505 e. The van der Waals surface area contributed by atoms with Gasteiger partial charge >= 0.3 is 0 Å². The molecule has 0 heterocycles. The van der Waals surface area contributed by atoms with Crippen molar-refractivity contribution in [2.45, 2.75) is 4.90 Å². The van der Waals surface area contributed by atoms with Crippen LogP contribution in [0.2, 0.25) is 0 Å². The number of nitrogens with zero attached hydrogens (tertiary/aromatic N) is 5. The Morgan fingerprint density at radius 1 is 0.857 bits per heavy atom. The lowest BCUT2D eigenvalue weighted by molar-refractivity contribution is -0.384. The Hall–Kier alpha value is -4.75. The van der Waals surface area contributed by atoms with Crippen LogP contribution in [0.5, 0.6) is 5.75 Å². The molecule has 13 heteroatoms.